The topological polar surface area (TPSA) is 24.9 Å². The van der Waals surface area contributed by atoms with Crippen molar-refractivity contribution in [1.82, 2.24) is 10.3 Å². The minimum absolute atomic E-state index is 0.231. The van der Waals surface area contributed by atoms with Crippen LogP contribution in [0.4, 0.5) is 0 Å². The van der Waals surface area contributed by atoms with Gasteiger partial charge in [-0.05, 0) is 37.0 Å². The molecule has 4 heteroatoms. The Labute approximate surface area is 120 Å². The Kier molecular flexibility index (Phi) is 3.50. The summed E-state index contributed by atoms with van der Waals surface area (Å²) >= 11 is 5.33. The molecule has 1 N–H and O–H groups in total. The van der Waals surface area contributed by atoms with Gasteiger partial charge in [-0.15, -0.1) is 11.3 Å². The molecule has 2 aromatic rings. The lowest BCUT2D eigenvalue weighted by Gasteiger charge is -2.17. The summed E-state index contributed by atoms with van der Waals surface area (Å²) in [7, 11) is 0. The summed E-state index contributed by atoms with van der Waals surface area (Å²) in [6, 6.07) is 7.46. The highest BCUT2D eigenvalue weighted by Gasteiger charge is 2.27. The van der Waals surface area contributed by atoms with Crippen molar-refractivity contribution >= 4 is 27.3 Å². The third-order valence-corrected chi connectivity index (χ3v) is 4.90. The van der Waals surface area contributed by atoms with Crippen LogP contribution in [0.3, 0.4) is 0 Å². The van der Waals surface area contributed by atoms with Gasteiger partial charge in [-0.1, -0.05) is 28.1 Å². The first kappa shape index (κ1) is 12.3. The summed E-state index contributed by atoms with van der Waals surface area (Å²) < 4.78 is 1.17. The molecule has 18 heavy (non-hydrogen) atoms. The van der Waals surface area contributed by atoms with Gasteiger partial charge in [0.1, 0.15) is 5.01 Å². The van der Waals surface area contributed by atoms with Crippen molar-refractivity contribution < 1.29 is 0 Å². The predicted octanol–water partition coefficient (Wildman–Crippen LogP) is 4.06. The zero-order chi connectivity index (χ0) is 12.5. The van der Waals surface area contributed by atoms with Gasteiger partial charge in [-0.3, -0.25) is 0 Å². The van der Waals surface area contributed by atoms with Crippen LogP contribution in [-0.4, -0.2) is 11.0 Å². The molecule has 1 aromatic heterocycles. The molecule has 1 heterocycles. The van der Waals surface area contributed by atoms with Crippen molar-refractivity contribution in [3.05, 3.63) is 50.4 Å². The number of rotatable bonds is 4. The predicted molar refractivity (Wildman–Crippen MR) is 79.0 cm³/mol. The van der Waals surface area contributed by atoms with Crippen LogP contribution >= 0.6 is 27.3 Å². The second-order valence-corrected chi connectivity index (χ2v) is 6.53. The van der Waals surface area contributed by atoms with E-state index in [0.717, 1.165) is 5.01 Å². The largest absolute Gasteiger partial charge is 0.301 e. The van der Waals surface area contributed by atoms with Gasteiger partial charge in [-0.2, -0.15) is 0 Å². The van der Waals surface area contributed by atoms with E-state index >= 15 is 0 Å². The first-order chi connectivity index (χ1) is 8.74. The number of hydrogen-bond donors (Lipinski definition) is 1. The van der Waals surface area contributed by atoms with Gasteiger partial charge in [0.2, 0.25) is 0 Å². The van der Waals surface area contributed by atoms with Crippen LogP contribution < -0.4 is 5.32 Å². The number of nitrogens with zero attached hydrogens (tertiary/aromatic N) is 1. The third kappa shape index (κ3) is 2.66. The number of halogens is 1. The second kappa shape index (κ2) is 5.11. The smallest absolute Gasteiger partial charge is 0.114 e. The van der Waals surface area contributed by atoms with E-state index in [9.17, 15) is 0 Å². The molecule has 1 saturated carbocycles. The lowest BCUT2D eigenvalue weighted by molar-refractivity contribution is 0.598. The maximum atomic E-state index is 4.47. The van der Waals surface area contributed by atoms with E-state index in [1.165, 1.54) is 28.4 Å². The quantitative estimate of drug-likeness (QED) is 0.918. The lowest BCUT2D eigenvalue weighted by Crippen LogP contribution is -2.24. The van der Waals surface area contributed by atoms with Crippen LogP contribution in [0.15, 0.2) is 34.2 Å². The summed E-state index contributed by atoms with van der Waals surface area (Å²) in [6.07, 6.45) is 4.45. The fourth-order valence-corrected chi connectivity index (χ4v) is 3.08. The summed E-state index contributed by atoms with van der Waals surface area (Å²) in [5.41, 5.74) is 2.55. The molecule has 0 amide bonds. The highest BCUT2D eigenvalue weighted by atomic mass is 79.9. The Bertz CT molecular complexity index is 535. The Hall–Kier alpha value is -0.710. The second-order valence-electron chi connectivity index (χ2n) is 4.75. The lowest BCUT2D eigenvalue weighted by atomic mass is 10.1. The molecular formula is C14H15BrN2S. The SMILES string of the molecule is Cc1ccc(C(NC2CC2)c2nccs2)cc1Br. The average Bonchev–Trinajstić information content (AvgIpc) is 3.02. The molecule has 2 nitrogen and oxygen atoms in total. The average molecular weight is 323 g/mol. The van der Waals surface area contributed by atoms with Gasteiger partial charge >= 0.3 is 0 Å². The fraction of sp³-hybridized carbons (Fsp3) is 0.357. The summed E-state index contributed by atoms with van der Waals surface area (Å²) in [5, 5.41) is 6.88. The maximum Gasteiger partial charge on any atom is 0.114 e. The minimum Gasteiger partial charge on any atom is -0.301 e. The van der Waals surface area contributed by atoms with Crippen LogP contribution in [0.5, 0.6) is 0 Å². The Balaban J connectivity index is 1.93. The zero-order valence-electron chi connectivity index (χ0n) is 10.2. The number of hydrogen-bond acceptors (Lipinski definition) is 3. The molecule has 1 fully saturated rings. The van der Waals surface area contributed by atoms with E-state index < -0.39 is 0 Å². The van der Waals surface area contributed by atoms with E-state index in [-0.39, 0.29) is 6.04 Å². The van der Waals surface area contributed by atoms with E-state index in [0.29, 0.717) is 6.04 Å². The van der Waals surface area contributed by atoms with E-state index in [1.54, 1.807) is 11.3 Å². The normalized spacial score (nSPS) is 16.8. The van der Waals surface area contributed by atoms with Crippen LogP contribution in [0.25, 0.3) is 0 Å². The van der Waals surface area contributed by atoms with Gasteiger partial charge in [0, 0.05) is 22.1 Å². The summed E-state index contributed by atoms with van der Waals surface area (Å²) in [6.45, 7) is 2.11. The van der Waals surface area contributed by atoms with Crippen molar-refractivity contribution in [2.24, 2.45) is 0 Å². The molecule has 0 aliphatic heterocycles. The van der Waals surface area contributed by atoms with Crippen molar-refractivity contribution in [2.45, 2.75) is 31.8 Å². The maximum absolute atomic E-state index is 4.47. The van der Waals surface area contributed by atoms with Gasteiger partial charge in [0.15, 0.2) is 0 Å². The van der Waals surface area contributed by atoms with Crippen molar-refractivity contribution in [3.8, 4) is 0 Å². The van der Waals surface area contributed by atoms with Crippen molar-refractivity contribution in [3.63, 3.8) is 0 Å². The summed E-state index contributed by atoms with van der Waals surface area (Å²) in [4.78, 5) is 4.47. The van der Waals surface area contributed by atoms with E-state index in [4.69, 9.17) is 0 Å². The van der Waals surface area contributed by atoms with Gasteiger partial charge in [0.25, 0.3) is 0 Å². The van der Waals surface area contributed by atoms with E-state index in [2.05, 4.69) is 51.4 Å². The number of nitrogens with one attached hydrogen (secondary N) is 1. The number of aryl methyl sites for hydroxylation is 1. The Morgan fingerprint density at radius 1 is 1.44 bits per heavy atom. The molecule has 0 spiro atoms. The molecule has 0 saturated heterocycles. The Morgan fingerprint density at radius 3 is 2.89 bits per heavy atom. The third-order valence-electron chi connectivity index (χ3n) is 3.21. The van der Waals surface area contributed by atoms with Crippen molar-refractivity contribution in [2.75, 3.05) is 0 Å². The highest BCUT2D eigenvalue weighted by molar-refractivity contribution is 9.10. The van der Waals surface area contributed by atoms with Gasteiger partial charge in [-0.25, -0.2) is 4.98 Å². The van der Waals surface area contributed by atoms with Crippen LogP contribution in [0.2, 0.25) is 0 Å². The number of aromatic nitrogens is 1. The molecular weight excluding hydrogens is 308 g/mol. The molecule has 1 atom stereocenters. The molecule has 94 valence electrons. The minimum atomic E-state index is 0.231. The van der Waals surface area contributed by atoms with Gasteiger partial charge < -0.3 is 5.32 Å². The number of benzene rings is 1. The van der Waals surface area contributed by atoms with Crippen LogP contribution in [0, 0.1) is 6.92 Å². The molecule has 0 radical (unpaired) electrons. The zero-order valence-corrected chi connectivity index (χ0v) is 12.6. The van der Waals surface area contributed by atoms with Crippen LogP contribution in [0.1, 0.15) is 35.0 Å². The van der Waals surface area contributed by atoms with E-state index in [1.807, 2.05) is 11.6 Å². The highest BCUT2D eigenvalue weighted by Crippen LogP contribution is 2.31. The standard InChI is InChI=1S/C14H15BrN2S/c1-9-2-3-10(8-12(9)15)13(17-11-4-5-11)14-16-6-7-18-14/h2-3,6-8,11,13,17H,4-5H2,1H3. The first-order valence-electron chi connectivity index (χ1n) is 6.15. The van der Waals surface area contributed by atoms with Crippen LogP contribution in [-0.2, 0) is 0 Å². The van der Waals surface area contributed by atoms with Gasteiger partial charge in [0.05, 0.1) is 6.04 Å². The molecule has 0 bridgehead atoms. The summed E-state index contributed by atoms with van der Waals surface area (Å²) in [5.74, 6) is 0. The monoisotopic (exact) mass is 322 g/mol. The molecule has 1 unspecified atom stereocenters. The molecule has 1 aliphatic carbocycles. The Morgan fingerprint density at radius 2 is 2.28 bits per heavy atom. The molecule has 1 aromatic carbocycles. The first-order valence-corrected chi connectivity index (χ1v) is 7.83. The number of thiazole rings is 1. The molecule has 3 rings (SSSR count). The van der Waals surface area contributed by atoms with Crippen molar-refractivity contribution in [1.29, 1.82) is 0 Å². The molecule has 1 aliphatic rings. The fourth-order valence-electron chi connectivity index (χ4n) is 1.96.